The van der Waals surface area contributed by atoms with E-state index >= 15 is 0 Å². The van der Waals surface area contributed by atoms with Gasteiger partial charge >= 0.3 is 0 Å². The first-order valence-corrected chi connectivity index (χ1v) is 18.6. The molecule has 10 aromatic rings. The molecule has 0 saturated carbocycles. The fourth-order valence-electron chi connectivity index (χ4n) is 7.39. The number of nitrogens with zero attached hydrogens (tertiary/aromatic N) is 2. The summed E-state index contributed by atoms with van der Waals surface area (Å²) in [6, 6.07) is 51.3. The van der Waals surface area contributed by atoms with Gasteiger partial charge in [-0.3, -0.25) is 0 Å². The van der Waals surface area contributed by atoms with Crippen LogP contribution >= 0.6 is 0 Å². The maximum atomic E-state index is 8.63. The molecular weight excluding hydrogens is 873 g/mol. The number of benzene rings is 7. The summed E-state index contributed by atoms with van der Waals surface area (Å²) in [7, 11) is 0. The van der Waals surface area contributed by atoms with Gasteiger partial charge in [0.15, 0.2) is 0 Å². The van der Waals surface area contributed by atoms with Gasteiger partial charge in [0, 0.05) is 48.9 Å². The van der Waals surface area contributed by atoms with Crippen LogP contribution in [0.2, 0.25) is 0 Å². The Bertz CT molecular complexity index is 3300. The minimum Gasteiger partial charge on any atom is -0.501 e. The molecule has 0 aliphatic carbocycles. The molecule has 3 nitrogen and oxygen atoms in total. The quantitative estimate of drug-likeness (QED) is 0.130. The maximum absolute atomic E-state index is 8.63. The fraction of sp³-hybridized carbons (Fsp3) is 0.132. The van der Waals surface area contributed by atoms with E-state index in [2.05, 4.69) is 89.9 Å². The molecule has 281 valence electrons. The number of fused-ring (bicyclic) bond motifs is 9. The number of furan rings is 1. The molecule has 57 heavy (non-hydrogen) atoms. The first-order valence-electron chi connectivity index (χ1n) is 22.6. The summed E-state index contributed by atoms with van der Waals surface area (Å²) in [5.41, 5.74) is 6.93. The molecule has 10 rings (SSSR count). The van der Waals surface area contributed by atoms with E-state index in [0.717, 1.165) is 44.3 Å². The van der Waals surface area contributed by atoms with Crippen LogP contribution in [-0.2, 0) is 26.5 Å². The Morgan fingerprint density at radius 3 is 1.93 bits per heavy atom. The van der Waals surface area contributed by atoms with E-state index in [0.29, 0.717) is 16.8 Å². The van der Waals surface area contributed by atoms with E-state index in [1.807, 2.05) is 63.4 Å². The topological polar surface area (TPSA) is 38.9 Å². The number of hydrogen-bond donors (Lipinski definition) is 0. The van der Waals surface area contributed by atoms with E-state index in [1.54, 1.807) is 12.1 Å². The Labute approximate surface area is 359 Å². The van der Waals surface area contributed by atoms with E-state index in [-0.39, 0.29) is 31.2 Å². The summed E-state index contributed by atoms with van der Waals surface area (Å²) >= 11 is 0. The third-order valence-corrected chi connectivity index (χ3v) is 9.90. The number of hydrogen-bond acceptors (Lipinski definition) is 3. The first-order chi connectivity index (χ1) is 30.4. The fourth-order valence-corrected chi connectivity index (χ4v) is 7.39. The molecule has 7 aromatic carbocycles. The van der Waals surface area contributed by atoms with Crippen LogP contribution in [0, 0.1) is 31.3 Å². The summed E-state index contributed by atoms with van der Waals surface area (Å²) in [4.78, 5) is 8.81. The molecular formula is C53H42IrN2O-2. The second-order valence-electron chi connectivity index (χ2n) is 15.0. The molecule has 0 saturated heterocycles. The van der Waals surface area contributed by atoms with Gasteiger partial charge in [-0.05, 0) is 103 Å². The number of aryl methyl sites for hydroxylation is 2. The van der Waals surface area contributed by atoms with E-state index in [1.165, 1.54) is 56.7 Å². The van der Waals surface area contributed by atoms with Gasteiger partial charge in [-0.1, -0.05) is 130 Å². The van der Waals surface area contributed by atoms with Crippen LogP contribution < -0.4 is 0 Å². The van der Waals surface area contributed by atoms with Crippen molar-refractivity contribution in [2.24, 2.45) is 5.41 Å². The number of rotatable bonds is 4. The van der Waals surface area contributed by atoms with Crippen molar-refractivity contribution >= 4 is 54.3 Å². The standard InChI is InChI=1S/C40H30NO.C13H12N.Ir/c1-40(2,3)24-25-15-17-26(18-16-25)27-19-20-41-37(21-27)33-14-8-13-32-36-22-34-30-11-6-4-9-28(30)29-10-5-7-12-31(29)35(34)23-38(36)42-39(32)33;1-10-3-6-12(7-4-10)13-8-5-11(2)9-14-13;/h4-13,15-23H,24H2,1-3H3;3-6,8-9H,1-2H3;/q2*-1;/i24D2;1D3,2D3;. The largest absolute Gasteiger partial charge is 0.501 e. The zero-order valence-corrected chi connectivity index (χ0v) is 34.0. The SMILES string of the molecule is [2H]C([2H])([2H])c1c[c-]c(-c2ccc(C([2H])([2H])[2H])cn2)cc1.[2H]C([2H])(c1ccc(-c2ccnc(-c3[c-]ccc4c3oc3cc5c6ccccc6c6ccccc6c5cc34)c2)cc1)C(C)(C)C.[Ir]. The van der Waals surface area contributed by atoms with Gasteiger partial charge < -0.3 is 14.4 Å². The third kappa shape index (κ3) is 7.64. The van der Waals surface area contributed by atoms with Crippen molar-refractivity contribution in [3.63, 3.8) is 0 Å². The predicted molar refractivity (Wildman–Crippen MR) is 235 cm³/mol. The minimum atomic E-state index is -2.18. The molecule has 1 radical (unpaired) electrons. The second-order valence-corrected chi connectivity index (χ2v) is 15.0. The molecule has 0 fully saturated rings. The molecule has 0 aliphatic heterocycles. The summed E-state index contributed by atoms with van der Waals surface area (Å²) < 4.78 is 67.5. The van der Waals surface area contributed by atoms with Crippen molar-refractivity contribution < 1.29 is 35.5 Å². The summed E-state index contributed by atoms with van der Waals surface area (Å²) in [5.74, 6) is 0. The van der Waals surface area contributed by atoms with Crippen molar-refractivity contribution in [1.82, 2.24) is 9.97 Å². The minimum absolute atomic E-state index is 0. The summed E-state index contributed by atoms with van der Waals surface area (Å²) in [6.07, 6.45) is 1.67. The van der Waals surface area contributed by atoms with Crippen molar-refractivity contribution in [2.75, 3.05) is 0 Å². The number of aromatic nitrogens is 2. The van der Waals surface area contributed by atoms with Gasteiger partial charge in [0.25, 0.3) is 0 Å². The third-order valence-electron chi connectivity index (χ3n) is 9.90. The summed E-state index contributed by atoms with van der Waals surface area (Å²) in [6.45, 7) is 1.45. The van der Waals surface area contributed by atoms with E-state index in [9.17, 15) is 0 Å². The molecule has 0 unspecified atom stereocenters. The molecule has 3 aromatic heterocycles. The van der Waals surface area contributed by atoms with Gasteiger partial charge in [-0.15, -0.1) is 53.6 Å². The first kappa shape index (κ1) is 29.3. The monoisotopic (exact) mass is 923 g/mol. The molecule has 0 amide bonds. The molecule has 0 spiro atoms. The van der Waals surface area contributed by atoms with Crippen molar-refractivity contribution in [2.45, 2.75) is 40.8 Å². The average Bonchev–Trinajstić information content (AvgIpc) is 3.66. The van der Waals surface area contributed by atoms with Crippen molar-refractivity contribution in [1.29, 1.82) is 0 Å². The van der Waals surface area contributed by atoms with Crippen LogP contribution in [0.15, 0.2) is 156 Å². The van der Waals surface area contributed by atoms with E-state index < -0.39 is 25.5 Å². The van der Waals surface area contributed by atoms with Gasteiger partial charge in [0.05, 0.1) is 5.58 Å². The predicted octanol–water partition coefficient (Wildman–Crippen LogP) is 14.3. The van der Waals surface area contributed by atoms with Crippen LogP contribution in [0.25, 0.3) is 87.9 Å². The van der Waals surface area contributed by atoms with Crippen LogP contribution in [0.3, 0.4) is 0 Å². The average molecular weight is 923 g/mol. The maximum Gasteiger partial charge on any atom is 0.121 e. The van der Waals surface area contributed by atoms with Crippen LogP contribution in [0.1, 0.15) is 48.4 Å². The zero-order valence-electron chi connectivity index (χ0n) is 39.6. The molecule has 0 N–H and O–H groups in total. The van der Waals surface area contributed by atoms with E-state index in [4.69, 9.17) is 20.4 Å². The molecule has 0 atom stereocenters. The van der Waals surface area contributed by atoms with Gasteiger partial charge in [-0.25, -0.2) is 0 Å². The van der Waals surface area contributed by atoms with Crippen molar-refractivity contribution in [3.05, 3.63) is 181 Å². The molecule has 3 heterocycles. The summed E-state index contributed by atoms with van der Waals surface area (Å²) in [5, 5.41) is 9.43. The zero-order chi connectivity index (χ0) is 45.2. The smallest absolute Gasteiger partial charge is 0.121 e. The Hall–Kier alpha value is -5.93. The Morgan fingerprint density at radius 1 is 0.614 bits per heavy atom. The Balaban J connectivity index is 0.000000232. The van der Waals surface area contributed by atoms with Crippen LogP contribution in [-0.4, -0.2) is 9.97 Å². The van der Waals surface area contributed by atoms with Crippen LogP contribution in [0.5, 0.6) is 0 Å². The van der Waals surface area contributed by atoms with Crippen molar-refractivity contribution in [3.8, 4) is 33.6 Å². The van der Waals surface area contributed by atoms with Gasteiger partial charge in [0.1, 0.15) is 5.58 Å². The molecule has 0 bridgehead atoms. The molecule has 0 aliphatic rings. The van der Waals surface area contributed by atoms with Gasteiger partial charge in [-0.2, -0.15) is 0 Å². The number of pyridine rings is 2. The Kier molecular flexibility index (Phi) is 8.00. The normalized spacial score (nSPS) is 14.3. The molecule has 4 heteroatoms. The second kappa shape index (κ2) is 15.5. The van der Waals surface area contributed by atoms with Crippen LogP contribution in [0.4, 0.5) is 0 Å². The Morgan fingerprint density at radius 2 is 1.30 bits per heavy atom. The van der Waals surface area contributed by atoms with Gasteiger partial charge in [0.2, 0.25) is 0 Å².